The summed E-state index contributed by atoms with van der Waals surface area (Å²) in [4.78, 5) is 10.7. The highest BCUT2D eigenvalue weighted by molar-refractivity contribution is 5.83. The highest BCUT2D eigenvalue weighted by atomic mass is 16.4. The molecular formula is C13H16N2O2. The first kappa shape index (κ1) is 11.6. The molecule has 90 valence electrons. The normalized spacial score (nSPS) is 11.3. The molecule has 0 spiro atoms. The molecule has 0 radical (unpaired) electrons. The summed E-state index contributed by atoms with van der Waals surface area (Å²) < 4.78 is 1.97. The Labute approximate surface area is 99.9 Å². The first-order valence-corrected chi connectivity index (χ1v) is 5.68. The average molecular weight is 232 g/mol. The number of benzene rings is 1. The van der Waals surface area contributed by atoms with Crippen molar-refractivity contribution in [3.05, 3.63) is 29.5 Å². The maximum absolute atomic E-state index is 10.7. The van der Waals surface area contributed by atoms with Crippen molar-refractivity contribution in [2.24, 2.45) is 0 Å². The summed E-state index contributed by atoms with van der Waals surface area (Å²) in [5, 5.41) is 14.4. The molecule has 0 unspecified atom stereocenters. The van der Waals surface area contributed by atoms with Crippen molar-refractivity contribution in [3.63, 3.8) is 0 Å². The van der Waals surface area contributed by atoms with Gasteiger partial charge in [-0.05, 0) is 32.4 Å². The molecule has 0 fully saturated rings. The summed E-state index contributed by atoms with van der Waals surface area (Å²) in [5.74, 6) is -0.815. The quantitative estimate of drug-likeness (QED) is 0.884. The van der Waals surface area contributed by atoms with Gasteiger partial charge in [-0.15, -0.1) is 0 Å². The summed E-state index contributed by atoms with van der Waals surface area (Å²) in [7, 11) is 0. The molecule has 0 amide bonds. The Morgan fingerprint density at radius 2 is 2.18 bits per heavy atom. The lowest BCUT2D eigenvalue weighted by molar-refractivity contribution is -0.136. The average Bonchev–Trinajstić information content (AvgIpc) is 2.55. The van der Waals surface area contributed by atoms with E-state index in [2.05, 4.69) is 18.9 Å². The van der Waals surface area contributed by atoms with E-state index in [-0.39, 0.29) is 6.42 Å². The molecule has 1 aromatic carbocycles. The van der Waals surface area contributed by atoms with Gasteiger partial charge < -0.3 is 5.11 Å². The predicted octanol–water partition coefficient (Wildman–Crippen LogP) is 2.55. The summed E-state index contributed by atoms with van der Waals surface area (Å²) in [6.45, 7) is 6.19. The number of carboxylic acid groups (broad SMARTS) is 1. The van der Waals surface area contributed by atoms with Gasteiger partial charge in [0.25, 0.3) is 0 Å². The molecule has 0 saturated heterocycles. The smallest absolute Gasteiger partial charge is 0.307 e. The highest BCUT2D eigenvalue weighted by Crippen LogP contribution is 2.22. The number of hydrogen-bond acceptors (Lipinski definition) is 2. The zero-order chi connectivity index (χ0) is 12.6. The number of carboxylic acids is 1. The Hall–Kier alpha value is -1.84. The van der Waals surface area contributed by atoms with Crippen LogP contribution in [0.3, 0.4) is 0 Å². The molecule has 0 saturated carbocycles. The van der Waals surface area contributed by atoms with E-state index < -0.39 is 5.97 Å². The fourth-order valence-corrected chi connectivity index (χ4v) is 2.07. The SMILES string of the molecule is Cc1c2ccc(CC(=O)O)cc2nn1C(C)C. The molecule has 0 atom stereocenters. The monoisotopic (exact) mass is 232 g/mol. The van der Waals surface area contributed by atoms with Gasteiger partial charge >= 0.3 is 5.97 Å². The minimum atomic E-state index is -0.815. The van der Waals surface area contributed by atoms with E-state index in [1.54, 1.807) is 0 Å². The van der Waals surface area contributed by atoms with Gasteiger partial charge in [0.15, 0.2) is 0 Å². The molecule has 0 bridgehead atoms. The largest absolute Gasteiger partial charge is 0.481 e. The second kappa shape index (κ2) is 4.20. The Kier molecular flexibility index (Phi) is 2.88. The van der Waals surface area contributed by atoms with Crippen molar-refractivity contribution in [2.75, 3.05) is 0 Å². The van der Waals surface area contributed by atoms with Gasteiger partial charge in [0.1, 0.15) is 0 Å². The van der Waals surface area contributed by atoms with Gasteiger partial charge in [-0.2, -0.15) is 5.10 Å². The molecule has 1 N–H and O–H groups in total. The Bertz CT molecular complexity index is 570. The van der Waals surface area contributed by atoms with E-state index >= 15 is 0 Å². The van der Waals surface area contributed by atoms with E-state index in [0.29, 0.717) is 6.04 Å². The van der Waals surface area contributed by atoms with Crippen molar-refractivity contribution >= 4 is 16.9 Å². The zero-order valence-corrected chi connectivity index (χ0v) is 10.3. The standard InChI is InChI=1S/C13H16N2O2/c1-8(2)15-9(3)11-5-4-10(7-13(16)17)6-12(11)14-15/h4-6,8H,7H2,1-3H3,(H,16,17). The first-order valence-electron chi connectivity index (χ1n) is 5.68. The number of fused-ring (bicyclic) bond motifs is 1. The highest BCUT2D eigenvalue weighted by Gasteiger charge is 2.10. The van der Waals surface area contributed by atoms with Crippen LogP contribution < -0.4 is 0 Å². The topological polar surface area (TPSA) is 55.1 Å². The van der Waals surface area contributed by atoms with Crippen LogP contribution in [-0.2, 0) is 11.2 Å². The third-order valence-electron chi connectivity index (χ3n) is 2.86. The van der Waals surface area contributed by atoms with E-state index in [0.717, 1.165) is 22.2 Å². The van der Waals surface area contributed by atoms with Crippen LogP contribution in [0.2, 0.25) is 0 Å². The minimum absolute atomic E-state index is 0.0452. The Balaban J connectivity index is 2.51. The summed E-state index contributed by atoms with van der Waals surface area (Å²) in [6.07, 6.45) is 0.0452. The predicted molar refractivity (Wildman–Crippen MR) is 66.2 cm³/mol. The summed E-state index contributed by atoms with van der Waals surface area (Å²) in [6, 6.07) is 5.98. The lowest BCUT2D eigenvalue weighted by Crippen LogP contribution is -2.04. The van der Waals surface area contributed by atoms with Crippen LogP contribution in [0.1, 0.15) is 31.1 Å². The molecule has 1 aromatic heterocycles. The van der Waals surface area contributed by atoms with Gasteiger partial charge in [0, 0.05) is 17.1 Å². The third kappa shape index (κ3) is 2.16. The second-order valence-electron chi connectivity index (χ2n) is 4.55. The number of hydrogen-bond donors (Lipinski definition) is 1. The summed E-state index contributed by atoms with van der Waals surface area (Å²) >= 11 is 0. The molecule has 1 heterocycles. The zero-order valence-electron chi connectivity index (χ0n) is 10.3. The van der Waals surface area contributed by atoms with Crippen molar-refractivity contribution in [1.29, 1.82) is 0 Å². The fraction of sp³-hybridized carbons (Fsp3) is 0.385. The van der Waals surface area contributed by atoms with Crippen LogP contribution in [0.5, 0.6) is 0 Å². The second-order valence-corrected chi connectivity index (χ2v) is 4.55. The van der Waals surface area contributed by atoms with E-state index in [4.69, 9.17) is 5.11 Å². The maximum Gasteiger partial charge on any atom is 0.307 e. The molecule has 0 aliphatic heterocycles. The Morgan fingerprint density at radius 1 is 1.47 bits per heavy atom. The van der Waals surface area contributed by atoms with Crippen molar-refractivity contribution in [3.8, 4) is 0 Å². The number of carbonyl (C=O) groups is 1. The van der Waals surface area contributed by atoms with Crippen molar-refractivity contribution in [2.45, 2.75) is 33.2 Å². The number of aryl methyl sites for hydroxylation is 1. The Morgan fingerprint density at radius 3 is 2.76 bits per heavy atom. The van der Waals surface area contributed by atoms with Gasteiger partial charge in [-0.3, -0.25) is 9.48 Å². The van der Waals surface area contributed by atoms with E-state index in [1.807, 2.05) is 29.8 Å². The van der Waals surface area contributed by atoms with Crippen LogP contribution in [0, 0.1) is 6.92 Å². The van der Waals surface area contributed by atoms with E-state index in [1.165, 1.54) is 0 Å². The molecule has 17 heavy (non-hydrogen) atoms. The lowest BCUT2D eigenvalue weighted by atomic mass is 10.1. The van der Waals surface area contributed by atoms with Crippen molar-refractivity contribution in [1.82, 2.24) is 9.78 Å². The van der Waals surface area contributed by atoms with Crippen LogP contribution in [0.15, 0.2) is 18.2 Å². The van der Waals surface area contributed by atoms with Crippen LogP contribution >= 0.6 is 0 Å². The molecule has 2 aromatic rings. The fourth-order valence-electron chi connectivity index (χ4n) is 2.07. The first-order chi connectivity index (χ1) is 7.99. The molecule has 2 rings (SSSR count). The van der Waals surface area contributed by atoms with Gasteiger partial charge in [0.05, 0.1) is 11.9 Å². The number of rotatable bonds is 3. The van der Waals surface area contributed by atoms with Crippen molar-refractivity contribution < 1.29 is 9.90 Å². The summed E-state index contributed by atoms with van der Waals surface area (Å²) in [5.41, 5.74) is 2.78. The number of nitrogens with zero attached hydrogens (tertiary/aromatic N) is 2. The van der Waals surface area contributed by atoms with Crippen LogP contribution in [0.4, 0.5) is 0 Å². The minimum Gasteiger partial charge on any atom is -0.481 e. The van der Waals surface area contributed by atoms with Crippen LogP contribution in [0.25, 0.3) is 10.9 Å². The van der Waals surface area contributed by atoms with Gasteiger partial charge in [-0.25, -0.2) is 0 Å². The number of aromatic nitrogens is 2. The van der Waals surface area contributed by atoms with Crippen LogP contribution in [-0.4, -0.2) is 20.9 Å². The van der Waals surface area contributed by atoms with Gasteiger partial charge in [-0.1, -0.05) is 12.1 Å². The molecule has 4 heteroatoms. The van der Waals surface area contributed by atoms with E-state index in [9.17, 15) is 4.79 Å². The molecule has 0 aliphatic carbocycles. The third-order valence-corrected chi connectivity index (χ3v) is 2.86. The molecule has 0 aliphatic rings. The number of aliphatic carboxylic acids is 1. The lowest BCUT2D eigenvalue weighted by Gasteiger charge is -2.06. The van der Waals surface area contributed by atoms with Gasteiger partial charge in [0.2, 0.25) is 0 Å². The maximum atomic E-state index is 10.7. The molecular weight excluding hydrogens is 216 g/mol. The molecule has 4 nitrogen and oxygen atoms in total.